The maximum absolute atomic E-state index is 14.3. The predicted octanol–water partition coefficient (Wildman–Crippen LogP) is 4.51. The van der Waals surface area contributed by atoms with Crippen LogP contribution in [0.4, 0.5) is 21.7 Å². The monoisotopic (exact) mass is 592 g/mol. The van der Waals surface area contributed by atoms with E-state index in [9.17, 15) is 14.0 Å². The van der Waals surface area contributed by atoms with Crippen molar-refractivity contribution in [2.24, 2.45) is 12.8 Å². The van der Waals surface area contributed by atoms with Crippen LogP contribution < -0.4 is 26.4 Å². The van der Waals surface area contributed by atoms with Crippen LogP contribution in [0.15, 0.2) is 41.3 Å². The number of nitrogens with zero attached hydrogens (tertiary/aromatic N) is 6. The normalized spacial score (nSPS) is 17.5. The minimum atomic E-state index is -0.706. The summed E-state index contributed by atoms with van der Waals surface area (Å²) in [4.78, 5) is 43.2. The molecule has 1 fully saturated rings. The molecule has 1 amide bonds. The zero-order chi connectivity index (χ0) is 30.5. The molecule has 3 atom stereocenters. The molecule has 220 valence electrons. The summed E-state index contributed by atoms with van der Waals surface area (Å²) in [6.07, 6.45) is 2.47. The van der Waals surface area contributed by atoms with Gasteiger partial charge in [-0.25, -0.2) is 14.4 Å². The van der Waals surface area contributed by atoms with Crippen molar-refractivity contribution >= 4 is 45.7 Å². The first kappa shape index (κ1) is 29.2. The molecular formula is C30H34ClFN8O2. The number of pyridine rings is 2. The van der Waals surface area contributed by atoms with Gasteiger partial charge in [0.25, 0.3) is 11.5 Å². The van der Waals surface area contributed by atoms with E-state index in [2.05, 4.69) is 27.1 Å². The van der Waals surface area contributed by atoms with Gasteiger partial charge < -0.3 is 20.9 Å². The molecule has 1 saturated heterocycles. The standard InChI is InChI=1S/C30H34ClFN8O2/c1-15-9-21(17(3)35-24-7-8-25(31)36-27(24)28(33)41)26-22(10-15)29(42)39(6)30(37-26)40-14-20(11-16(40)2)38(5)19-12-23(32)18(4)34-13-19/h7-10,12-13,16-17,20,35H,11,14H2,1-6H3,(H2,33,41)/t16?,17?,20-/m0/s1. The second-order valence-electron chi connectivity index (χ2n) is 11.0. The van der Waals surface area contributed by atoms with Gasteiger partial charge >= 0.3 is 0 Å². The van der Waals surface area contributed by atoms with Crippen molar-refractivity contribution in [2.75, 3.05) is 28.7 Å². The predicted molar refractivity (Wildman–Crippen MR) is 164 cm³/mol. The van der Waals surface area contributed by atoms with Crippen LogP contribution in [0.3, 0.4) is 0 Å². The second kappa shape index (κ2) is 11.2. The maximum atomic E-state index is 14.3. The van der Waals surface area contributed by atoms with Crippen molar-refractivity contribution in [3.8, 4) is 0 Å². The van der Waals surface area contributed by atoms with Crippen LogP contribution in [0.5, 0.6) is 0 Å². The molecule has 10 nitrogen and oxygen atoms in total. The van der Waals surface area contributed by atoms with Gasteiger partial charge in [0.05, 0.1) is 40.2 Å². The van der Waals surface area contributed by atoms with E-state index in [0.717, 1.165) is 17.5 Å². The number of nitrogens with one attached hydrogen (secondary N) is 1. The molecule has 42 heavy (non-hydrogen) atoms. The summed E-state index contributed by atoms with van der Waals surface area (Å²) in [6.45, 7) is 8.17. The van der Waals surface area contributed by atoms with Crippen LogP contribution in [0, 0.1) is 19.7 Å². The van der Waals surface area contributed by atoms with Gasteiger partial charge in [-0.2, -0.15) is 0 Å². The van der Waals surface area contributed by atoms with Crippen LogP contribution in [0.2, 0.25) is 5.15 Å². The quantitative estimate of drug-likeness (QED) is 0.301. The van der Waals surface area contributed by atoms with Crippen molar-refractivity contribution in [1.82, 2.24) is 19.5 Å². The molecule has 4 heterocycles. The first-order chi connectivity index (χ1) is 19.8. The van der Waals surface area contributed by atoms with Crippen LogP contribution in [0.1, 0.15) is 53.6 Å². The summed E-state index contributed by atoms with van der Waals surface area (Å²) in [7, 11) is 3.66. The molecule has 3 aromatic heterocycles. The molecule has 1 aliphatic rings. The third-order valence-electron chi connectivity index (χ3n) is 8.04. The van der Waals surface area contributed by atoms with E-state index in [4.69, 9.17) is 22.3 Å². The van der Waals surface area contributed by atoms with Gasteiger partial charge in [0.1, 0.15) is 11.0 Å². The Bertz CT molecular complexity index is 1760. The van der Waals surface area contributed by atoms with Gasteiger partial charge in [-0.1, -0.05) is 17.7 Å². The Balaban J connectivity index is 1.53. The molecule has 2 unspecified atom stereocenters. The minimum Gasteiger partial charge on any atom is -0.377 e. The fraction of sp³-hybridized carbons (Fsp3) is 0.367. The van der Waals surface area contributed by atoms with Gasteiger partial charge in [-0.05, 0) is 57.9 Å². The van der Waals surface area contributed by atoms with Crippen molar-refractivity contribution < 1.29 is 9.18 Å². The van der Waals surface area contributed by atoms with Crippen LogP contribution in [0.25, 0.3) is 10.9 Å². The number of fused-ring (bicyclic) bond motifs is 1. The number of likely N-dealkylation sites (N-methyl/N-ethyl adjacent to an activating group) is 1. The Labute approximate surface area is 248 Å². The Hall–Kier alpha value is -4.25. The molecule has 0 aliphatic carbocycles. The first-order valence-electron chi connectivity index (χ1n) is 13.7. The number of benzene rings is 1. The van der Waals surface area contributed by atoms with Gasteiger partial charge in [0, 0.05) is 44.4 Å². The van der Waals surface area contributed by atoms with E-state index >= 15 is 0 Å². The fourth-order valence-corrected chi connectivity index (χ4v) is 5.79. The largest absolute Gasteiger partial charge is 0.377 e. The van der Waals surface area contributed by atoms with E-state index in [0.29, 0.717) is 40.5 Å². The number of amides is 1. The van der Waals surface area contributed by atoms with Crippen molar-refractivity contribution in [3.63, 3.8) is 0 Å². The van der Waals surface area contributed by atoms with Crippen LogP contribution in [-0.4, -0.2) is 51.1 Å². The first-order valence-corrected chi connectivity index (χ1v) is 14.1. The van der Waals surface area contributed by atoms with E-state index in [1.165, 1.54) is 6.07 Å². The number of halogens is 2. The van der Waals surface area contributed by atoms with E-state index in [1.807, 2.05) is 37.9 Å². The second-order valence-corrected chi connectivity index (χ2v) is 11.4. The number of nitrogens with two attached hydrogens (primary N) is 1. The molecule has 3 N–H and O–H groups in total. The highest BCUT2D eigenvalue weighted by Crippen LogP contribution is 2.32. The topological polar surface area (TPSA) is 122 Å². The lowest BCUT2D eigenvalue weighted by molar-refractivity contribution is 0.0996. The molecule has 0 spiro atoms. The van der Waals surface area contributed by atoms with Crippen molar-refractivity contribution in [1.29, 1.82) is 0 Å². The average molecular weight is 593 g/mol. The SMILES string of the molecule is Cc1cc(C(C)Nc2ccc(Cl)nc2C(N)=O)c2nc(N3C[C@@H](N(C)c4cnc(C)c(F)c4)CC3C)n(C)c(=O)c2c1. The van der Waals surface area contributed by atoms with Gasteiger partial charge in [-0.15, -0.1) is 0 Å². The molecule has 0 radical (unpaired) electrons. The minimum absolute atomic E-state index is 0.0283. The Morgan fingerprint density at radius 3 is 2.67 bits per heavy atom. The summed E-state index contributed by atoms with van der Waals surface area (Å²) in [5.41, 5.74) is 9.15. The zero-order valence-electron chi connectivity index (χ0n) is 24.4. The Kier molecular flexibility index (Phi) is 7.80. The van der Waals surface area contributed by atoms with Gasteiger partial charge in [-0.3, -0.25) is 19.1 Å². The Morgan fingerprint density at radius 2 is 1.98 bits per heavy atom. The number of carbonyl (C=O) groups excluding carboxylic acids is 1. The third kappa shape index (κ3) is 5.36. The maximum Gasteiger partial charge on any atom is 0.269 e. The summed E-state index contributed by atoms with van der Waals surface area (Å²) in [6, 6.07) is 8.31. The van der Waals surface area contributed by atoms with E-state index in [-0.39, 0.29) is 40.3 Å². The van der Waals surface area contributed by atoms with Crippen LogP contribution >= 0.6 is 11.6 Å². The smallest absolute Gasteiger partial charge is 0.269 e. The fourth-order valence-electron chi connectivity index (χ4n) is 5.64. The number of hydrogen-bond donors (Lipinski definition) is 2. The molecule has 5 rings (SSSR count). The molecule has 4 aromatic rings. The highest BCUT2D eigenvalue weighted by molar-refractivity contribution is 6.29. The van der Waals surface area contributed by atoms with Gasteiger partial charge in [0.2, 0.25) is 5.95 Å². The van der Waals surface area contributed by atoms with Crippen molar-refractivity contribution in [3.05, 3.63) is 80.4 Å². The van der Waals surface area contributed by atoms with E-state index in [1.54, 1.807) is 36.9 Å². The number of carbonyl (C=O) groups is 1. The summed E-state index contributed by atoms with van der Waals surface area (Å²) in [5, 5.41) is 3.96. The molecule has 12 heteroatoms. The number of hydrogen-bond acceptors (Lipinski definition) is 8. The average Bonchev–Trinajstić information content (AvgIpc) is 3.33. The zero-order valence-corrected chi connectivity index (χ0v) is 25.2. The lowest BCUT2D eigenvalue weighted by Gasteiger charge is -2.28. The summed E-state index contributed by atoms with van der Waals surface area (Å²) >= 11 is 5.99. The number of aryl methyl sites for hydroxylation is 2. The number of rotatable bonds is 7. The molecule has 0 bridgehead atoms. The molecular weight excluding hydrogens is 559 g/mol. The highest BCUT2D eigenvalue weighted by atomic mass is 35.5. The molecule has 1 aromatic carbocycles. The highest BCUT2D eigenvalue weighted by Gasteiger charge is 2.34. The van der Waals surface area contributed by atoms with Crippen LogP contribution in [-0.2, 0) is 7.05 Å². The lowest BCUT2D eigenvalue weighted by Crippen LogP contribution is -2.37. The number of aromatic nitrogens is 4. The Morgan fingerprint density at radius 1 is 1.24 bits per heavy atom. The lowest BCUT2D eigenvalue weighted by atomic mass is 10.0. The number of anilines is 3. The summed E-state index contributed by atoms with van der Waals surface area (Å²) < 4.78 is 15.8. The van der Waals surface area contributed by atoms with Crippen molar-refractivity contribution in [2.45, 2.75) is 52.2 Å². The third-order valence-corrected chi connectivity index (χ3v) is 8.25. The van der Waals surface area contributed by atoms with Gasteiger partial charge in [0.15, 0.2) is 5.69 Å². The number of primary amides is 1. The molecule has 0 saturated carbocycles. The molecule has 1 aliphatic heterocycles. The van der Waals surface area contributed by atoms with E-state index < -0.39 is 5.91 Å². The summed E-state index contributed by atoms with van der Waals surface area (Å²) in [5.74, 6) is -0.501.